The summed E-state index contributed by atoms with van der Waals surface area (Å²) in [6.45, 7) is 7.96. The van der Waals surface area contributed by atoms with Gasteiger partial charge in [-0.25, -0.2) is 0 Å². The van der Waals surface area contributed by atoms with Gasteiger partial charge in [-0.05, 0) is 86.4 Å². The molecule has 0 amide bonds. The van der Waals surface area contributed by atoms with Crippen molar-refractivity contribution in [2.45, 2.75) is 55.0 Å². The second-order valence-electron chi connectivity index (χ2n) is 10.5. The topological polar surface area (TPSA) is 18.5 Å². The molecule has 1 saturated carbocycles. The monoisotopic (exact) mass is 608 g/mol. The summed E-state index contributed by atoms with van der Waals surface area (Å²) in [7, 11) is 0. The van der Waals surface area contributed by atoms with Crippen molar-refractivity contribution in [1.29, 1.82) is 0 Å². The molecule has 0 spiro atoms. The number of alkyl halides is 6. The van der Waals surface area contributed by atoms with Crippen LogP contribution in [0.5, 0.6) is 11.5 Å². The lowest BCUT2D eigenvalue weighted by atomic mass is 9.71. The quantitative estimate of drug-likeness (QED) is 0.304. The van der Waals surface area contributed by atoms with Crippen LogP contribution >= 0.6 is 23.5 Å². The molecular weight excluding hydrogens is 582 g/mol. The second kappa shape index (κ2) is 9.14. The molecule has 0 N–H and O–H groups in total. The van der Waals surface area contributed by atoms with Crippen LogP contribution in [0, 0.1) is 0 Å². The Balaban J connectivity index is 1.55. The van der Waals surface area contributed by atoms with E-state index >= 15 is 17.6 Å². The summed E-state index contributed by atoms with van der Waals surface area (Å²) in [5, 5.41) is 0. The zero-order chi connectivity index (χ0) is 29.6. The van der Waals surface area contributed by atoms with E-state index in [0.717, 1.165) is 0 Å². The van der Waals surface area contributed by atoms with Gasteiger partial charge in [0.25, 0.3) is 0 Å². The molecule has 41 heavy (non-hydrogen) atoms. The average Bonchev–Trinajstić information content (AvgIpc) is 3.50. The lowest BCUT2D eigenvalue weighted by Crippen LogP contribution is -2.48. The van der Waals surface area contributed by atoms with Gasteiger partial charge in [-0.2, -0.15) is 26.3 Å². The Bertz CT molecular complexity index is 1440. The zero-order valence-electron chi connectivity index (χ0n) is 22.6. The highest BCUT2D eigenvalue weighted by molar-refractivity contribution is 8.14. The van der Waals surface area contributed by atoms with E-state index in [2.05, 4.69) is 0 Å². The first-order valence-electron chi connectivity index (χ1n) is 13.1. The Hall–Kier alpha value is -2.72. The molecule has 10 heteroatoms. The predicted octanol–water partition coefficient (Wildman–Crippen LogP) is 9.40. The molecule has 2 aromatic rings. The van der Waals surface area contributed by atoms with Crippen molar-refractivity contribution in [2.24, 2.45) is 0 Å². The largest absolute Gasteiger partial charge is 0.494 e. The Kier molecular flexibility index (Phi) is 6.33. The number of thioether (sulfide) groups is 2. The molecule has 2 aliphatic carbocycles. The molecule has 1 fully saturated rings. The number of rotatable bonds is 6. The number of hydrogen-bond donors (Lipinski definition) is 0. The normalized spacial score (nSPS) is 28.6. The molecule has 6 rings (SSSR count). The van der Waals surface area contributed by atoms with Crippen molar-refractivity contribution in [2.75, 3.05) is 13.2 Å². The molecule has 0 saturated heterocycles. The maximum atomic E-state index is 15.5. The third kappa shape index (κ3) is 3.68. The lowest BCUT2D eigenvalue weighted by molar-refractivity contribution is -0.258. The standard InChI is InChI=1S/C31H26F6O2S2/c1-5-38-19-11-7-17(8-12-19)23-15-21-25-26(30(34,35)31(36,37)29(25,32)33)22-16-24(41-28(22,4)27(21,3)40-23)18-9-13-20(14-10-18)39-6-2/h7-16H,5-6H2,1-4H3/t27-,28-/m1/s1. The van der Waals surface area contributed by atoms with Crippen LogP contribution in [-0.4, -0.2) is 40.5 Å². The third-order valence-corrected chi connectivity index (χ3v) is 11.6. The highest BCUT2D eigenvalue weighted by Gasteiger charge is 2.84. The van der Waals surface area contributed by atoms with Crippen molar-refractivity contribution < 1.29 is 35.8 Å². The fourth-order valence-corrected chi connectivity index (χ4v) is 9.10. The first-order chi connectivity index (χ1) is 19.2. The molecule has 2 atom stereocenters. The molecule has 2 nitrogen and oxygen atoms in total. The molecule has 0 radical (unpaired) electrons. The van der Waals surface area contributed by atoms with Crippen LogP contribution in [0.1, 0.15) is 38.8 Å². The summed E-state index contributed by atoms with van der Waals surface area (Å²) in [6.07, 6.45) is 2.77. The maximum Gasteiger partial charge on any atom is 0.380 e. The predicted molar refractivity (Wildman–Crippen MR) is 152 cm³/mol. The molecule has 0 aromatic heterocycles. The Morgan fingerprint density at radius 2 is 0.927 bits per heavy atom. The first-order valence-corrected chi connectivity index (χ1v) is 14.8. The molecule has 4 aliphatic rings. The molecule has 0 bridgehead atoms. The van der Waals surface area contributed by atoms with E-state index in [4.69, 9.17) is 9.47 Å². The fraction of sp³-hybridized carbons (Fsp3) is 0.355. The van der Waals surface area contributed by atoms with Gasteiger partial charge in [0.15, 0.2) is 0 Å². The number of allylic oxidation sites excluding steroid dienone is 4. The minimum atomic E-state index is -5.59. The SMILES string of the molecule is CCOc1ccc(C2=CC3=C4C(=C5C=C(c6ccc(OCC)cc6)S[C@@]5(C)[C@]3(C)S2)C(F)(F)C(F)(F)C4(F)F)cc1. The molecular formula is C31H26F6O2S2. The summed E-state index contributed by atoms with van der Waals surface area (Å²) >= 11 is 2.46. The van der Waals surface area contributed by atoms with Gasteiger partial charge in [-0.1, -0.05) is 24.3 Å². The van der Waals surface area contributed by atoms with Gasteiger partial charge in [0.2, 0.25) is 0 Å². The van der Waals surface area contributed by atoms with Crippen LogP contribution in [0.25, 0.3) is 9.81 Å². The van der Waals surface area contributed by atoms with Crippen LogP contribution in [0.15, 0.2) is 83.0 Å². The smallest absolute Gasteiger partial charge is 0.380 e. The van der Waals surface area contributed by atoms with E-state index in [1.54, 1.807) is 62.4 Å². The highest BCUT2D eigenvalue weighted by Crippen LogP contribution is 2.75. The Morgan fingerprint density at radius 1 is 0.585 bits per heavy atom. The van der Waals surface area contributed by atoms with Gasteiger partial charge in [0.05, 0.1) is 22.7 Å². The summed E-state index contributed by atoms with van der Waals surface area (Å²) < 4.78 is 101. The van der Waals surface area contributed by atoms with Crippen LogP contribution in [0.2, 0.25) is 0 Å². The van der Waals surface area contributed by atoms with Crippen LogP contribution < -0.4 is 9.47 Å². The van der Waals surface area contributed by atoms with Crippen LogP contribution in [-0.2, 0) is 0 Å². The van der Waals surface area contributed by atoms with Gasteiger partial charge in [-0.15, -0.1) is 23.5 Å². The van der Waals surface area contributed by atoms with Crippen molar-refractivity contribution >= 4 is 33.3 Å². The van der Waals surface area contributed by atoms with E-state index < -0.39 is 38.4 Å². The highest BCUT2D eigenvalue weighted by atomic mass is 32.2. The Labute approximate surface area is 242 Å². The fourth-order valence-electron chi connectivity index (χ4n) is 5.96. The number of benzene rings is 2. The second-order valence-corrected chi connectivity index (χ2v) is 13.4. The van der Waals surface area contributed by atoms with Crippen molar-refractivity contribution in [3.8, 4) is 11.5 Å². The Morgan fingerprint density at radius 3 is 1.24 bits per heavy atom. The van der Waals surface area contributed by atoms with Crippen molar-refractivity contribution in [3.05, 3.63) is 94.1 Å². The summed E-state index contributed by atoms with van der Waals surface area (Å²) in [4.78, 5) is 1.06. The minimum absolute atomic E-state index is 0.191. The number of fused-ring (bicyclic) bond motifs is 4. The molecule has 2 aliphatic heterocycles. The molecule has 0 unspecified atom stereocenters. The van der Waals surface area contributed by atoms with Gasteiger partial charge in [0.1, 0.15) is 11.5 Å². The number of hydrogen-bond acceptors (Lipinski definition) is 4. The van der Waals surface area contributed by atoms with Gasteiger partial charge < -0.3 is 9.47 Å². The van der Waals surface area contributed by atoms with E-state index in [-0.39, 0.29) is 11.1 Å². The van der Waals surface area contributed by atoms with Gasteiger partial charge in [0, 0.05) is 21.0 Å². The molecule has 2 heterocycles. The van der Waals surface area contributed by atoms with E-state index in [1.165, 1.54) is 35.7 Å². The maximum absolute atomic E-state index is 15.5. The van der Waals surface area contributed by atoms with E-state index in [0.29, 0.717) is 45.6 Å². The number of halogens is 6. The van der Waals surface area contributed by atoms with Crippen LogP contribution in [0.4, 0.5) is 26.3 Å². The van der Waals surface area contributed by atoms with Gasteiger partial charge in [-0.3, -0.25) is 0 Å². The molecule has 216 valence electrons. The van der Waals surface area contributed by atoms with Gasteiger partial charge >= 0.3 is 17.8 Å². The summed E-state index contributed by atoms with van der Waals surface area (Å²) in [5.41, 5.74) is -1.61. The third-order valence-electron chi connectivity index (χ3n) is 8.22. The minimum Gasteiger partial charge on any atom is -0.494 e. The lowest BCUT2D eigenvalue weighted by Gasteiger charge is -2.47. The number of ether oxygens (including phenoxy) is 2. The van der Waals surface area contributed by atoms with Crippen molar-refractivity contribution in [3.63, 3.8) is 0 Å². The van der Waals surface area contributed by atoms with E-state index in [1.807, 2.05) is 13.8 Å². The summed E-state index contributed by atoms with van der Waals surface area (Å²) in [5.74, 6) is -14.5. The first kappa shape index (κ1) is 28.4. The average molecular weight is 609 g/mol. The molecule has 2 aromatic carbocycles. The summed E-state index contributed by atoms with van der Waals surface area (Å²) in [6, 6.07) is 13.9. The van der Waals surface area contributed by atoms with Crippen molar-refractivity contribution in [1.82, 2.24) is 0 Å². The van der Waals surface area contributed by atoms with Crippen LogP contribution in [0.3, 0.4) is 0 Å². The zero-order valence-corrected chi connectivity index (χ0v) is 24.2. The van der Waals surface area contributed by atoms with E-state index in [9.17, 15) is 8.78 Å².